The minimum absolute atomic E-state index is 0.0549. The molecule has 116 valence electrons. The Morgan fingerprint density at radius 1 is 1.45 bits per heavy atom. The first kappa shape index (κ1) is 14.9. The number of morpholine rings is 1. The average molecular weight is 299 g/mol. The van der Waals surface area contributed by atoms with Crippen molar-refractivity contribution >= 4 is 16.8 Å². The summed E-state index contributed by atoms with van der Waals surface area (Å²) in [7, 11) is 0. The lowest BCUT2D eigenvalue weighted by Gasteiger charge is -2.24. The van der Waals surface area contributed by atoms with Gasteiger partial charge in [-0.2, -0.15) is 0 Å². The zero-order valence-corrected chi connectivity index (χ0v) is 12.8. The van der Waals surface area contributed by atoms with Crippen molar-refractivity contribution in [1.82, 2.24) is 15.6 Å². The van der Waals surface area contributed by atoms with Gasteiger partial charge in [-0.3, -0.25) is 9.78 Å². The Bertz CT molecular complexity index is 666. The van der Waals surface area contributed by atoms with Gasteiger partial charge < -0.3 is 15.4 Å². The number of carbonyl (C=O) groups excluding carboxylic acids is 1. The van der Waals surface area contributed by atoms with Crippen LogP contribution in [0.25, 0.3) is 10.9 Å². The third-order valence-electron chi connectivity index (χ3n) is 3.88. The van der Waals surface area contributed by atoms with E-state index in [1.165, 1.54) is 0 Å². The van der Waals surface area contributed by atoms with Crippen LogP contribution in [0.4, 0.5) is 0 Å². The van der Waals surface area contributed by atoms with Crippen LogP contribution < -0.4 is 10.6 Å². The Hall–Kier alpha value is -1.98. The number of aromatic nitrogens is 1. The van der Waals surface area contributed by atoms with E-state index in [-0.39, 0.29) is 11.9 Å². The molecular formula is C17H21N3O2. The zero-order chi connectivity index (χ0) is 15.4. The van der Waals surface area contributed by atoms with Crippen LogP contribution in [0.15, 0.2) is 30.3 Å². The molecule has 0 aliphatic carbocycles. The highest BCUT2D eigenvalue weighted by Crippen LogP contribution is 2.18. The molecule has 0 saturated carbocycles. The minimum atomic E-state index is -0.0549. The van der Waals surface area contributed by atoms with Gasteiger partial charge in [-0.05, 0) is 18.6 Å². The molecule has 5 heteroatoms. The predicted octanol–water partition coefficient (Wildman–Crippen LogP) is 1.52. The average Bonchev–Trinajstić information content (AvgIpc) is 2.59. The lowest BCUT2D eigenvalue weighted by atomic mass is 10.1. The van der Waals surface area contributed by atoms with E-state index in [0.29, 0.717) is 18.7 Å². The molecule has 22 heavy (non-hydrogen) atoms. The Labute approximate surface area is 130 Å². The van der Waals surface area contributed by atoms with E-state index >= 15 is 0 Å². The molecule has 1 fully saturated rings. The van der Waals surface area contributed by atoms with Crippen molar-refractivity contribution in [3.63, 3.8) is 0 Å². The number of ether oxygens (including phenoxy) is 1. The standard InChI is InChI=1S/C17H21N3O2/c1-2-12-9-15(14-5-3-4-6-16(14)20-12)17(21)19-10-13-11-22-8-7-18-13/h3-6,9,13,18H,2,7-8,10-11H2,1H3,(H,19,21). The lowest BCUT2D eigenvalue weighted by Crippen LogP contribution is -2.48. The Balaban J connectivity index is 1.80. The number of fused-ring (bicyclic) bond motifs is 1. The summed E-state index contributed by atoms with van der Waals surface area (Å²) < 4.78 is 5.40. The number of hydrogen-bond acceptors (Lipinski definition) is 4. The molecule has 1 saturated heterocycles. The Morgan fingerprint density at radius 2 is 2.32 bits per heavy atom. The van der Waals surface area contributed by atoms with Crippen LogP contribution in [0.3, 0.4) is 0 Å². The summed E-state index contributed by atoms with van der Waals surface area (Å²) in [5.74, 6) is -0.0549. The first-order valence-electron chi connectivity index (χ1n) is 7.76. The molecule has 1 aliphatic rings. The molecule has 1 aromatic carbocycles. The van der Waals surface area contributed by atoms with Gasteiger partial charge in [-0.25, -0.2) is 0 Å². The third kappa shape index (κ3) is 3.26. The van der Waals surface area contributed by atoms with Crippen molar-refractivity contribution in [3.05, 3.63) is 41.6 Å². The van der Waals surface area contributed by atoms with Gasteiger partial charge >= 0.3 is 0 Å². The smallest absolute Gasteiger partial charge is 0.252 e. The first-order chi connectivity index (χ1) is 10.8. The van der Waals surface area contributed by atoms with Gasteiger partial charge in [-0.15, -0.1) is 0 Å². The predicted molar refractivity (Wildman–Crippen MR) is 86.1 cm³/mol. The van der Waals surface area contributed by atoms with E-state index in [1.807, 2.05) is 37.3 Å². The number of aryl methyl sites for hydroxylation is 1. The largest absolute Gasteiger partial charge is 0.378 e. The SMILES string of the molecule is CCc1cc(C(=O)NCC2COCCN2)c2ccccc2n1. The Morgan fingerprint density at radius 3 is 3.09 bits per heavy atom. The maximum absolute atomic E-state index is 12.6. The van der Waals surface area contributed by atoms with Crippen LogP contribution in [0.1, 0.15) is 23.0 Å². The minimum Gasteiger partial charge on any atom is -0.378 e. The van der Waals surface area contributed by atoms with E-state index in [1.54, 1.807) is 0 Å². The second kappa shape index (κ2) is 6.85. The number of nitrogens with zero attached hydrogens (tertiary/aromatic N) is 1. The fraction of sp³-hybridized carbons (Fsp3) is 0.412. The number of amides is 1. The van der Waals surface area contributed by atoms with Gasteiger partial charge in [0.05, 0.1) is 24.3 Å². The number of para-hydroxylation sites is 1. The van der Waals surface area contributed by atoms with Crippen LogP contribution in [0.2, 0.25) is 0 Å². The summed E-state index contributed by atoms with van der Waals surface area (Å²) in [6.07, 6.45) is 0.809. The molecule has 2 aromatic rings. The molecule has 0 radical (unpaired) electrons. The van der Waals surface area contributed by atoms with Gasteiger partial charge in [0.15, 0.2) is 0 Å². The molecule has 2 heterocycles. The second-order valence-electron chi connectivity index (χ2n) is 5.47. The van der Waals surface area contributed by atoms with Gasteiger partial charge in [0.25, 0.3) is 5.91 Å². The number of pyridine rings is 1. The van der Waals surface area contributed by atoms with Crippen molar-refractivity contribution < 1.29 is 9.53 Å². The van der Waals surface area contributed by atoms with Crippen molar-refractivity contribution in [2.75, 3.05) is 26.3 Å². The highest BCUT2D eigenvalue weighted by Gasteiger charge is 2.16. The normalized spacial score (nSPS) is 18.3. The summed E-state index contributed by atoms with van der Waals surface area (Å²) in [6, 6.07) is 9.84. The summed E-state index contributed by atoms with van der Waals surface area (Å²) in [5, 5.41) is 7.23. The maximum Gasteiger partial charge on any atom is 0.252 e. The fourth-order valence-electron chi connectivity index (χ4n) is 2.66. The maximum atomic E-state index is 12.6. The highest BCUT2D eigenvalue weighted by molar-refractivity contribution is 6.06. The number of hydrogen-bond donors (Lipinski definition) is 2. The summed E-state index contributed by atoms with van der Waals surface area (Å²) in [4.78, 5) is 17.1. The molecule has 0 bridgehead atoms. The van der Waals surface area contributed by atoms with Crippen molar-refractivity contribution in [1.29, 1.82) is 0 Å². The van der Waals surface area contributed by atoms with Crippen molar-refractivity contribution in [2.24, 2.45) is 0 Å². The molecule has 2 N–H and O–H groups in total. The number of rotatable bonds is 4. The van der Waals surface area contributed by atoms with Crippen molar-refractivity contribution in [3.8, 4) is 0 Å². The van der Waals surface area contributed by atoms with Crippen LogP contribution in [0, 0.1) is 0 Å². The van der Waals surface area contributed by atoms with E-state index in [0.717, 1.165) is 36.2 Å². The fourth-order valence-corrected chi connectivity index (χ4v) is 2.66. The number of nitrogens with one attached hydrogen (secondary N) is 2. The van der Waals surface area contributed by atoms with E-state index in [9.17, 15) is 4.79 Å². The molecular weight excluding hydrogens is 278 g/mol. The van der Waals surface area contributed by atoms with E-state index < -0.39 is 0 Å². The number of benzene rings is 1. The topological polar surface area (TPSA) is 63.2 Å². The van der Waals surface area contributed by atoms with Gasteiger partial charge in [0, 0.05) is 30.2 Å². The first-order valence-corrected chi connectivity index (χ1v) is 7.76. The van der Waals surface area contributed by atoms with Crippen molar-refractivity contribution in [2.45, 2.75) is 19.4 Å². The summed E-state index contributed by atoms with van der Waals surface area (Å²) >= 11 is 0. The quantitative estimate of drug-likeness (QED) is 0.898. The molecule has 1 aliphatic heterocycles. The molecule has 1 unspecified atom stereocenters. The van der Waals surface area contributed by atoms with Crippen LogP contribution in [-0.4, -0.2) is 43.2 Å². The molecule has 1 aromatic heterocycles. The third-order valence-corrected chi connectivity index (χ3v) is 3.88. The highest BCUT2D eigenvalue weighted by atomic mass is 16.5. The zero-order valence-electron chi connectivity index (χ0n) is 12.8. The molecule has 5 nitrogen and oxygen atoms in total. The van der Waals surface area contributed by atoms with Crippen LogP contribution in [-0.2, 0) is 11.2 Å². The van der Waals surface area contributed by atoms with Crippen LogP contribution >= 0.6 is 0 Å². The van der Waals surface area contributed by atoms with Crippen LogP contribution in [0.5, 0.6) is 0 Å². The summed E-state index contributed by atoms with van der Waals surface area (Å²) in [5.41, 5.74) is 2.49. The van der Waals surface area contributed by atoms with Gasteiger partial charge in [0.1, 0.15) is 0 Å². The molecule has 3 rings (SSSR count). The Kier molecular flexibility index (Phi) is 4.65. The number of carbonyl (C=O) groups is 1. The molecule has 1 amide bonds. The van der Waals surface area contributed by atoms with E-state index in [2.05, 4.69) is 15.6 Å². The van der Waals surface area contributed by atoms with Gasteiger partial charge in [0.2, 0.25) is 0 Å². The molecule has 1 atom stereocenters. The summed E-state index contributed by atoms with van der Waals surface area (Å²) in [6.45, 7) is 4.81. The molecule has 0 spiro atoms. The monoisotopic (exact) mass is 299 g/mol. The van der Waals surface area contributed by atoms with E-state index in [4.69, 9.17) is 4.74 Å². The van der Waals surface area contributed by atoms with Gasteiger partial charge in [-0.1, -0.05) is 25.1 Å². The second-order valence-corrected chi connectivity index (χ2v) is 5.47. The lowest BCUT2D eigenvalue weighted by molar-refractivity contribution is 0.0735.